The van der Waals surface area contributed by atoms with E-state index in [2.05, 4.69) is 175 Å². The highest BCUT2D eigenvalue weighted by Gasteiger charge is 2.28. The molecule has 232 valence electrons. The van der Waals surface area contributed by atoms with Crippen molar-refractivity contribution in [3.05, 3.63) is 138 Å². The van der Waals surface area contributed by atoms with Crippen LogP contribution in [-0.2, 0) is 10.8 Å². The van der Waals surface area contributed by atoms with Crippen LogP contribution in [0, 0.1) is 13.8 Å². The first-order valence-electron chi connectivity index (χ1n) is 17.0. The smallest absolute Gasteiger partial charge is 0.0612 e. The minimum atomic E-state index is -0.0297. The van der Waals surface area contributed by atoms with E-state index in [1.165, 1.54) is 93.2 Å². The number of hydrogen-bond donors (Lipinski definition) is 0. The quantitative estimate of drug-likeness (QED) is 0.172. The van der Waals surface area contributed by atoms with Crippen molar-refractivity contribution in [2.45, 2.75) is 66.2 Å². The van der Waals surface area contributed by atoms with E-state index in [0.717, 1.165) is 0 Å². The minimum absolute atomic E-state index is 0.00218. The largest absolute Gasteiger partial charge is 0.313 e. The van der Waals surface area contributed by atoms with Gasteiger partial charge in [0.2, 0.25) is 0 Å². The van der Waals surface area contributed by atoms with Gasteiger partial charge in [-0.2, -0.15) is 0 Å². The lowest BCUT2D eigenvalue weighted by Gasteiger charge is -2.30. The molecule has 0 unspecified atom stereocenters. The second-order valence-electron chi connectivity index (χ2n) is 15.5. The number of benzene rings is 7. The molecule has 1 aromatic heterocycles. The van der Waals surface area contributed by atoms with Crippen LogP contribution < -0.4 is 0 Å². The molecular formula is C46H43N. The first kappa shape index (κ1) is 29.5. The van der Waals surface area contributed by atoms with Crippen LogP contribution in [0.2, 0.25) is 0 Å². The molecule has 0 saturated heterocycles. The van der Waals surface area contributed by atoms with E-state index in [9.17, 15) is 0 Å². The molecule has 1 nitrogen and oxygen atoms in total. The SMILES string of the molecule is Cc1c(C)n(-c2ccc3c(C(C)(C)C)c4ccccc4c(C(C)(C)C)c3c2)c2c1ccc1c(-c3ccc4ccccc4c3)cccc12. The summed E-state index contributed by atoms with van der Waals surface area (Å²) in [6.07, 6.45) is 0. The zero-order valence-electron chi connectivity index (χ0n) is 28.9. The Labute approximate surface area is 278 Å². The second kappa shape index (κ2) is 10.3. The summed E-state index contributed by atoms with van der Waals surface area (Å²) in [5.41, 5.74) is 10.5. The Morgan fingerprint density at radius 3 is 1.72 bits per heavy atom. The van der Waals surface area contributed by atoms with Crippen LogP contribution in [0.1, 0.15) is 63.9 Å². The number of fused-ring (bicyclic) bond motifs is 6. The summed E-state index contributed by atoms with van der Waals surface area (Å²) < 4.78 is 2.52. The lowest BCUT2D eigenvalue weighted by atomic mass is 9.74. The molecule has 47 heavy (non-hydrogen) atoms. The lowest BCUT2D eigenvalue weighted by molar-refractivity contribution is 0.593. The van der Waals surface area contributed by atoms with Gasteiger partial charge in [0, 0.05) is 22.2 Å². The molecule has 1 heteroatoms. The molecular weight excluding hydrogens is 567 g/mol. The summed E-state index contributed by atoms with van der Waals surface area (Å²) in [6, 6.07) is 43.3. The summed E-state index contributed by atoms with van der Waals surface area (Å²) in [6.45, 7) is 18.7. The lowest BCUT2D eigenvalue weighted by Crippen LogP contribution is -2.17. The third-order valence-electron chi connectivity index (χ3n) is 10.4. The van der Waals surface area contributed by atoms with E-state index < -0.39 is 0 Å². The standard InChI is InChI=1S/C46H43N/c1-28-29(2)47(33-22-23-39-41(27-33)43(46(6,7)8)38-17-12-11-16-37(38)42(39)45(3,4)5)44-34(28)24-25-36-35(18-13-19-40(36)44)32-21-20-30-14-9-10-15-31(30)26-32/h9-27H,1-8H3. The van der Waals surface area contributed by atoms with Crippen LogP contribution in [0.3, 0.4) is 0 Å². The van der Waals surface area contributed by atoms with E-state index in [4.69, 9.17) is 0 Å². The predicted octanol–water partition coefficient (Wildman–Crippen LogP) is 13.1. The van der Waals surface area contributed by atoms with Gasteiger partial charge < -0.3 is 4.57 Å². The Kier molecular flexibility index (Phi) is 6.48. The number of aryl methyl sites for hydroxylation is 1. The van der Waals surface area contributed by atoms with Gasteiger partial charge in [0.25, 0.3) is 0 Å². The first-order valence-corrected chi connectivity index (χ1v) is 17.0. The average molecular weight is 610 g/mol. The Morgan fingerprint density at radius 1 is 0.447 bits per heavy atom. The zero-order valence-corrected chi connectivity index (χ0v) is 28.9. The molecule has 1 heterocycles. The van der Waals surface area contributed by atoms with E-state index in [-0.39, 0.29) is 10.8 Å². The maximum atomic E-state index is 2.52. The van der Waals surface area contributed by atoms with Crippen molar-refractivity contribution in [3.8, 4) is 16.8 Å². The van der Waals surface area contributed by atoms with Gasteiger partial charge in [-0.25, -0.2) is 0 Å². The van der Waals surface area contributed by atoms with Gasteiger partial charge in [0.15, 0.2) is 0 Å². The molecule has 8 aromatic rings. The first-order chi connectivity index (χ1) is 22.4. The number of hydrogen-bond acceptors (Lipinski definition) is 0. The van der Waals surface area contributed by atoms with Crippen LogP contribution >= 0.6 is 0 Å². The van der Waals surface area contributed by atoms with Gasteiger partial charge in [0.05, 0.1) is 5.52 Å². The molecule has 0 radical (unpaired) electrons. The van der Waals surface area contributed by atoms with Gasteiger partial charge in [-0.1, -0.05) is 139 Å². The third kappa shape index (κ3) is 4.51. The van der Waals surface area contributed by atoms with Gasteiger partial charge in [-0.3, -0.25) is 0 Å². The highest BCUT2D eigenvalue weighted by Crippen LogP contribution is 2.45. The monoisotopic (exact) mass is 609 g/mol. The molecule has 0 amide bonds. The maximum absolute atomic E-state index is 2.52. The molecule has 7 aromatic carbocycles. The molecule has 0 saturated carbocycles. The van der Waals surface area contributed by atoms with Gasteiger partial charge in [0.1, 0.15) is 0 Å². The Morgan fingerprint density at radius 2 is 1.02 bits per heavy atom. The zero-order chi connectivity index (χ0) is 32.8. The molecule has 0 bridgehead atoms. The summed E-state index contributed by atoms with van der Waals surface area (Å²) in [5.74, 6) is 0. The van der Waals surface area contributed by atoms with E-state index >= 15 is 0 Å². The normalized spacial score (nSPS) is 12.7. The molecule has 8 rings (SSSR count). The van der Waals surface area contributed by atoms with Crippen molar-refractivity contribution in [2.24, 2.45) is 0 Å². The number of nitrogens with zero attached hydrogens (tertiary/aromatic N) is 1. The van der Waals surface area contributed by atoms with Gasteiger partial charge in [-0.15, -0.1) is 0 Å². The predicted molar refractivity (Wildman–Crippen MR) is 206 cm³/mol. The van der Waals surface area contributed by atoms with E-state index in [0.29, 0.717) is 0 Å². The fourth-order valence-corrected chi connectivity index (χ4v) is 8.27. The average Bonchev–Trinajstić information content (AvgIpc) is 3.31. The van der Waals surface area contributed by atoms with Crippen molar-refractivity contribution in [1.29, 1.82) is 0 Å². The van der Waals surface area contributed by atoms with Crippen molar-refractivity contribution in [1.82, 2.24) is 4.57 Å². The van der Waals surface area contributed by atoms with E-state index in [1.54, 1.807) is 0 Å². The Balaban J connectivity index is 1.45. The van der Waals surface area contributed by atoms with Gasteiger partial charge in [-0.05, 0) is 108 Å². The van der Waals surface area contributed by atoms with Crippen LogP contribution in [-0.4, -0.2) is 4.57 Å². The van der Waals surface area contributed by atoms with Crippen LogP contribution in [0.15, 0.2) is 115 Å². The summed E-state index contributed by atoms with van der Waals surface area (Å²) in [7, 11) is 0. The molecule has 0 aliphatic carbocycles. The molecule has 0 atom stereocenters. The second-order valence-corrected chi connectivity index (χ2v) is 15.5. The van der Waals surface area contributed by atoms with Gasteiger partial charge >= 0.3 is 0 Å². The molecule has 0 N–H and O–H groups in total. The third-order valence-corrected chi connectivity index (χ3v) is 10.4. The van der Waals surface area contributed by atoms with Crippen molar-refractivity contribution in [3.63, 3.8) is 0 Å². The summed E-state index contributed by atoms with van der Waals surface area (Å²) >= 11 is 0. The van der Waals surface area contributed by atoms with E-state index in [1.807, 2.05) is 0 Å². The highest BCUT2D eigenvalue weighted by atomic mass is 15.0. The Hall–Kier alpha value is -4.88. The van der Waals surface area contributed by atoms with Crippen molar-refractivity contribution in [2.75, 3.05) is 0 Å². The van der Waals surface area contributed by atoms with Crippen molar-refractivity contribution >= 4 is 54.0 Å². The topological polar surface area (TPSA) is 4.93 Å². The summed E-state index contributed by atoms with van der Waals surface area (Å²) in [4.78, 5) is 0. The van der Waals surface area contributed by atoms with Crippen LogP contribution in [0.4, 0.5) is 0 Å². The maximum Gasteiger partial charge on any atom is 0.0612 e. The molecule has 0 fully saturated rings. The highest BCUT2D eigenvalue weighted by molar-refractivity contribution is 6.13. The van der Waals surface area contributed by atoms with Crippen LogP contribution in [0.25, 0.3) is 70.8 Å². The minimum Gasteiger partial charge on any atom is -0.313 e. The molecule has 0 spiro atoms. The van der Waals surface area contributed by atoms with Crippen LogP contribution in [0.5, 0.6) is 0 Å². The fourth-order valence-electron chi connectivity index (χ4n) is 8.27. The summed E-state index contributed by atoms with van der Waals surface area (Å²) in [5, 5.41) is 11.9. The number of aromatic nitrogens is 1. The van der Waals surface area contributed by atoms with Crippen molar-refractivity contribution < 1.29 is 0 Å². The number of rotatable bonds is 2. The fraction of sp³-hybridized carbons (Fsp3) is 0.217. The molecule has 0 aliphatic heterocycles. The Bertz CT molecular complexity index is 2540. The molecule has 0 aliphatic rings.